The number of ether oxygens (including phenoxy) is 1. The number of sulfonamides is 1. The van der Waals surface area contributed by atoms with E-state index in [1.807, 2.05) is 0 Å². The fraction of sp³-hybridized carbons (Fsp3) is 0.125. The molecule has 0 bridgehead atoms. The third kappa shape index (κ3) is 6.42. The van der Waals surface area contributed by atoms with Crippen LogP contribution in [0.15, 0.2) is 82.8 Å². The maximum Gasteiger partial charge on any atom is 0.271 e. The van der Waals surface area contributed by atoms with Gasteiger partial charge in [-0.3, -0.25) is 14.3 Å². The van der Waals surface area contributed by atoms with Crippen molar-refractivity contribution in [2.75, 3.05) is 17.1 Å². The van der Waals surface area contributed by atoms with Crippen LogP contribution in [0.3, 0.4) is 0 Å². The van der Waals surface area contributed by atoms with E-state index < -0.39 is 15.9 Å². The van der Waals surface area contributed by atoms with Crippen molar-refractivity contribution in [3.8, 4) is 5.75 Å². The Morgan fingerprint density at radius 2 is 1.53 bits per heavy atom. The van der Waals surface area contributed by atoms with Crippen molar-refractivity contribution in [1.82, 2.24) is 5.43 Å². The highest BCUT2D eigenvalue weighted by Gasteiger charge is 2.17. The highest BCUT2D eigenvalue weighted by molar-refractivity contribution is 7.92. The molecule has 176 valence electrons. The number of hydrogen-bond acceptors (Lipinski definition) is 6. The van der Waals surface area contributed by atoms with Crippen LogP contribution >= 0.6 is 0 Å². The topological polar surface area (TPSA) is 126 Å². The molecule has 0 atom stereocenters. The monoisotopic (exact) mass is 480 g/mol. The number of anilines is 2. The predicted molar refractivity (Wildman–Crippen MR) is 131 cm³/mol. The van der Waals surface area contributed by atoms with Gasteiger partial charge in [-0.15, -0.1) is 0 Å². The van der Waals surface area contributed by atoms with Gasteiger partial charge in [0.05, 0.1) is 17.7 Å². The van der Waals surface area contributed by atoms with E-state index in [0.29, 0.717) is 28.4 Å². The second-order valence-corrected chi connectivity index (χ2v) is 8.94. The number of hydrogen-bond donors (Lipinski definition) is 3. The molecule has 0 radical (unpaired) electrons. The van der Waals surface area contributed by atoms with E-state index in [0.717, 1.165) is 0 Å². The zero-order valence-corrected chi connectivity index (χ0v) is 19.6. The quantitative estimate of drug-likeness (QED) is 0.335. The van der Waals surface area contributed by atoms with Gasteiger partial charge >= 0.3 is 0 Å². The zero-order chi connectivity index (χ0) is 24.7. The molecule has 10 heteroatoms. The van der Waals surface area contributed by atoms with Crippen LogP contribution in [0.5, 0.6) is 5.75 Å². The molecule has 0 heterocycles. The Hall–Kier alpha value is -4.18. The normalized spacial score (nSPS) is 11.4. The molecular weight excluding hydrogens is 456 g/mol. The van der Waals surface area contributed by atoms with Crippen molar-refractivity contribution < 1.29 is 22.7 Å². The second kappa shape index (κ2) is 10.6. The molecule has 2 amide bonds. The summed E-state index contributed by atoms with van der Waals surface area (Å²) in [4.78, 5) is 23.8. The summed E-state index contributed by atoms with van der Waals surface area (Å²) in [6, 6.07) is 19.1. The van der Waals surface area contributed by atoms with Gasteiger partial charge in [0, 0.05) is 23.9 Å². The zero-order valence-electron chi connectivity index (χ0n) is 18.8. The lowest BCUT2D eigenvalue weighted by molar-refractivity contribution is -0.114. The molecule has 0 saturated heterocycles. The van der Waals surface area contributed by atoms with Gasteiger partial charge in [-0.05, 0) is 67.1 Å². The molecule has 0 aromatic heterocycles. The van der Waals surface area contributed by atoms with Crippen molar-refractivity contribution in [1.29, 1.82) is 0 Å². The highest BCUT2D eigenvalue weighted by atomic mass is 32.2. The number of carbonyl (C=O) groups excluding carboxylic acids is 2. The van der Waals surface area contributed by atoms with Crippen LogP contribution < -0.4 is 20.2 Å². The number of nitrogens with one attached hydrogen (secondary N) is 3. The highest BCUT2D eigenvalue weighted by Crippen LogP contribution is 2.20. The lowest BCUT2D eigenvalue weighted by Gasteiger charge is -2.10. The Labute approximate surface area is 197 Å². The molecule has 3 rings (SSSR count). The van der Waals surface area contributed by atoms with Gasteiger partial charge in [0.25, 0.3) is 15.9 Å². The number of hydrazone groups is 1. The van der Waals surface area contributed by atoms with E-state index >= 15 is 0 Å². The summed E-state index contributed by atoms with van der Waals surface area (Å²) in [6.45, 7) is 3.11. The number of methoxy groups -OCH3 is 1. The molecule has 3 N–H and O–H groups in total. The summed E-state index contributed by atoms with van der Waals surface area (Å²) in [5.74, 6) is -0.172. The smallest absolute Gasteiger partial charge is 0.271 e. The molecule has 0 aliphatic rings. The van der Waals surface area contributed by atoms with Crippen LogP contribution in [0.2, 0.25) is 0 Å². The van der Waals surface area contributed by atoms with Gasteiger partial charge < -0.3 is 10.1 Å². The Kier molecular flexibility index (Phi) is 7.64. The van der Waals surface area contributed by atoms with Crippen LogP contribution in [0.1, 0.15) is 29.8 Å². The van der Waals surface area contributed by atoms with Gasteiger partial charge in [0.1, 0.15) is 5.75 Å². The predicted octanol–water partition coefficient (Wildman–Crippen LogP) is 3.61. The SMILES string of the molecule is COc1ccc(NS(=O)(=O)c2cccc(C(=O)N/N=C(\C)c3cccc(NC(C)=O)c3)c2)cc1. The van der Waals surface area contributed by atoms with Gasteiger partial charge in [-0.25, -0.2) is 13.8 Å². The Bertz CT molecular complexity index is 1340. The van der Waals surface area contributed by atoms with Crippen molar-refractivity contribution >= 4 is 38.9 Å². The van der Waals surface area contributed by atoms with E-state index in [9.17, 15) is 18.0 Å². The fourth-order valence-electron chi connectivity index (χ4n) is 2.97. The Morgan fingerprint density at radius 1 is 0.853 bits per heavy atom. The van der Waals surface area contributed by atoms with Gasteiger partial charge in [0.15, 0.2) is 0 Å². The van der Waals surface area contributed by atoms with E-state index in [1.54, 1.807) is 55.5 Å². The molecule has 0 unspecified atom stereocenters. The van der Waals surface area contributed by atoms with E-state index in [-0.39, 0.29) is 16.4 Å². The van der Waals surface area contributed by atoms with Crippen molar-refractivity contribution in [2.24, 2.45) is 5.10 Å². The molecule has 9 nitrogen and oxygen atoms in total. The van der Waals surface area contributed by atoms with Gasteiger partial charge in [0.2, 0.25) is 5.91 Å². The molecule has 0 aliphatic carbocycles. The molecule has 0 fully saturated rings. The molecule has 0 saturated carbocycles. The van der Waals surface area contributed by atoms with Crippen LogP contribution in [0.25, 0.3) is 0 Å². The minimum absolute atomic E-state index is 0.0697. The molecule has 0 aliphatic heterocycles. The lowest BCUT2D eigenvalue weighted by Crippen LogP contribution is -2.20. The third-order valence-electron chi connectivity index (χ3n) is 4.67. The lowest BCUT2D eigenvalue weighted by atomic mass is 10.1. The number of amides is 2. The van der Waals surface area contributed by atoms with Crippen LogP contribution in [0, 0.1) is 0 Å². The van der Waals surface area contributed by atoms with E-state index in [2.05, 4.69) is 20.6 Å². The average molecular weight is 481 g/mol. The molecular formula is C24H24N4O5S. The summed E-state index contributed by atoms with van der Waals surface area (Å²) in [5.41, 5.74) is 4.73. The summed E-state index contributed by atoms with van der Waals surface area (Å²) < 4.78 is 33.1. The summed E-state index contributed by atoms with van der Waals surface area (Å²) >= 11 is 0. The number of benzene rings is 3. The fourth-order valence-corrected chi connectivity index (χ4v) is 4.07. The Balaban J connectivity index is 1.73. The first-order chi connectivity index (χ1) is 16.2. The third-order valence-corrected chi connectivity index (χ3v) is 6.05. The largest absolute Gasteiger partial charge is 0.497 e. The first kappa shape index (κ1) is 24.5. The standard InChI is InChI=1S/C24H24N4O5S/c1-16(18-6-4-8-21(14-18)25-17(2)29)26-27-24(30)19-7-5-9-23(15-19)34(31,32)28-20-10-12-22(33-3)13-11-20/h4-15,28H,1-3H3,(H,25,29)(H,27,30)/b26-16+. The second-order valence-electron chi connectivity index (χ2n) is 7.26. The number of carbonyl (C=O) groups is 2. The number of nitrogens with zero attached hydrogens (tertiary/aromatic N) is 1. The summed E-state index contributed by atoms with van der Waals surface area (Å²) in [7, 11) is -2.40. The van der Waals surface area contributed by atoms with Crippen molar-refractivity contribution in [3.05, 3.63) is 83.9 Å². The van der Waals surface area contributed by atoms with Gasteiger partial charge in [-0.1, -0.05) is 18.2 Å². The maximum absolute atomic E-state index is 12.8. The average Bonchev–Trinajstić information content (AvgIpc) is 2.82. The van der Waals surface area contributed by atoms with Gasteiger partial charge in [-0.2, -0.15) is 5.10 Å². The maximum atomic E-state index is 12.8. The molecule has 0 spiro atoms. The molecule has 34 heavy (non-hydrogen) atoms. The minimum atomic E-state index is -3.92. The first-order valence-electron chi connectivity index (χ1n) is 10.2. The van der Waals surface area contributed by atoms with Crippen LogP contribution in [0.4, 0.5) is 11.4 Å². The summed E-state index contributed by atoms with van der Waals surface area (Å²) in [5, 5.41) is 6.78. The van der Waals surface area contributed by atoms with Crippen LogP contribution in [-0.4, -0.2) is 33.1 Å². The summed E-state index contributed by atoms with van der Waals surface area (Å²) in [6.07, 6.45) is 0. The molecule has 3 aromatic rings. The Morgan fingerprint density at radius 3 is 2.21 bits per heavy atom. The number of rotatable bonds is 8. The van der Waals surface area contributed by atoms with E-state index in [4.69, 9.17) is 4.74 Å². The minimum Gasteiger partial charge on any atom is -0.497 e. The first-order valence-corrected chi connectivity index (χ1v) is 11.7. The van der Waals surface area contributed by atoms with Crippen molar-refractivity contribution in [3.63, 3.8) is 0 Å². The van der Waals surface area contributed by atoms with Crippen molar-refractivity contribution in [2.45, 2.75) is 18.7 Å². The van der Waals surface area contributed by atoms with E-state index in [1.165, 1.54) is 38.3 Å². The molecule has 3 aromatic carbocycles. The van der Waals surface area contributed by atoms with Crippen LogP contribution in [-0.2, 0) is 14.8 Å².